The van der Waals surface area contributed by atoms with E-state index >= 15 is 0 Å². The highest BCUT2D eigenvalue weighted by molar-refractivity contribution is 8.00. The molecule has 0 saturated carbocycles. The van der Waals surface area contributed by atoms with Gasteiger partial charge in [-0.1, -0.05) is 0 Å². The third kappa shape index (κ3) is 2.95. The fraction of sp³-hybridized carbons (Fsp3) is 0.571. The third-order valence-corrected chi connectivity index (χ3v) is 6.30. The van der Waals surface area contributed by atoms with Crippen molar-refractivity contribution in [2.75, 3.05) is 24.7 Å². The van der Waals surface area contributed by atoms with Crippen molar-refractivity contribution in [1.29, 1.82) is 0 Å². The van der Waals surface area contributed by atoms with Gasteiger partial charge in [-0.3, -0.25) is 4.79 Å². The average molecular weight is 326 g/mol. The van der Waals surface area contributed by atoms with Crippen LogP contribution in [-0.2, 0) is 22.5 Å². The maximum Gasteiger partial charge on any atom is 0.341 e. The van der Waals surface area contributed by atoms with Crippen LogP contribution in [0.2, 0.25) is 0 Å². The van der Waals surface area contributed by atoms with Crippen LogP contribution in [0.1, 0.15) is 33.6 Å². The summed E-state index contributed by atoms with van der Waals surface area (Å²) >= 11 is 3.18. The van der Waals surface area contributed by atoms with E-state index in [4.69, 9.17) is 4.74 Å². The standard InChI is InChI=1S/C14H18N2O3S2/c1-19-14(18)11-8-4-5-15-7-10(8)21-13(11)16-12(17)9-3-2-6-20-9/h9,15H,2-7H2,1H3,(H,16,17). The Kier molecular flexibility index (Phi) is 4.51. The molecule has 0 aliphatic carbocycles. The molecule has 3 rings (SSSR count). The summed E-state index contributed by atoms with van der Waals surface area (Å²) in [5.41, 5.74) is 1.58. The van der Waals surface area contributed by atoms with Crippen LogP contribution >= 0.6 is 23.1 Å². The molecule has 1 saturated heterocycles. The van der Waals surface area contributed by atoms with Crippen molar-refractivity contribution >= 4 is 40.0 Å². The smallest absolute Gasteiger partial charge is 0.341 e. The second-order valence-electron chi connectivity index (χ2n) is 5.12. The molecule has 2 N–H and O–H groups in total. The molecule has 7 heteroatoms. The number of methoxy groups -OCH3 is 1. The van der Waals surface area contributed by atoms with Crippen LogP contribution in [0.15, 0.2) is 0 Å². The Morgan fingerprint density at radius 1 is 1.43 bits per heavy atom. The Hall–Kier alpha value is -1.05. The topological polar surface area (TPSA) is 67.4 Å². The lowest BCUT2D eigenvalue weighted by Crippen LogP contribution is -2.24. The number of rotatable bonds is 3. The largest absolute Gasteiger partial charge is 0.465 e. The Labute approximate surface area is 131 Å². The zero-order chi connectivity index (χ0) is 14.8. The SMILES string of the molecule is COC(=O)c1c(NC(=O)C2CCCS2)sc2c1CCNC2. The van der Waals surface area contributed by atoms with Gasteiger partial charge in [0.15, 0.2) is 0 Å². The highest BCUT2D eigenvalue weighted by Gasteiger charge is 2.29. The van der Waals surface area contributed by atoms with E-state index in [1.807, 2.05) is 0 Å². The van der Waals surface area contributed by atoms with Crippen molar-refractivity contribution in [3.05, 3.63) is 16.0 Å². The fourth-order valence-electron chi connectivity index (χ4n) is 2.72. The third-order valence-electron chi connectivity index (χ3n) is 3.78. The predicted molar refractivity (Wildman–Crippen MR) is 85.2 cm³/mol. The molecule has 114 valence electrons. The number of nitrogens with one attached hydrogen (secondary N) is 2. The van der Waals surface area contributed by atoms with Crippen molar-refractivity contribution in [2.45, 2.75) is 31.1 Å². The number of thioether (sulfide) groups is 1. The zero-order valence-electron chi connectivity index (χ0n) is 11.9. The van der Waals surface area contributed by atoms with Crippen molar-refractivity contribution in [3.63, 3.8) is 0 Å². The molecule has 1 unspecified atom stereocenters. The van der Waals surface area contributed by atoms with Gasteiger partial charge in [0, 0.05) is 11.4 Å². The molecule has 0 radical (unpaired) electrons. The summed E-state index contributed by atoms with van der Waals surface area (Å²) in [4.78, 5) is 25.5. The molecule has 5 nitrogen and oxygen atoms in total. The minimum absolute atomic E-state index is 0.00718. The Bertz CT molecular complexity index is 565. The van der Waals surface area contributed by atoms with Gasteiger partial charge < -0.3 is 15.4 Å². The van der Waals surface area contributed by atoms with Crippen LogP contribution in [0.25, 0.3) is 0 Å². The molecule has 21 heavy (non-hydrogen) atoms. The monoisotopic (exact) mass is 326 g/mol. The quantitative estimate of drug-likeness (QED) is 0.832. The summed E-state index contributed by atoms with van der Waals surface area (Å²) in [6, 6.07) is 0. The van der Waals surface area contributed by atoms with Gasteiger partial charge in [-0.15, -0.1) is 23.1 Å². The Morgan fingerprint density at radius 2 is 2.29 bits per heavy atom. The number of fused-ring (bicyclic) bond motifs is 1. The van der Waals surface area contributed by atoms with E-state index in [-0.39, 0.29) is 17.1 Å². The van der Waals surface area contributed by atoms with Gasteiger partial charge in [0.05, 0.1) is 17.9 Å². The van der Waals surface area contributed by atoms with Crippen LogP contribution in [0.3, 0.4) is 0 Å². The van der Waals surface area contributed by atoms with Crippen molar-refractivity contribution in [2.24, 2.45) is 0 Å². The molecule has 1 amide bonds. The summed E-state index contributed by atoms with van der Waals surface area (Å²) in [5, 5.41) is 6.90. The number of esters is 1. The second-order valence-corrected chi connectivity index (χ2v) is 7.53. The molecule has 1 aromatic rings. The highest BCUT2D eigenvalue weighted by Crippen LogP contribution is 2.37. The second kappa shape index (κ2) is 6.37. The minimum atomic E-state index is -0.358. The number of hydrogen-bond donors (Lipinski definition) is 2. The van der Waals surface area contributed by atoms with Gasteiger partial charge in [0.2, 0.25) is 5.91 Å². The van der Waals surface area contributed by atoms with Gasteiger partial charge in [0.1, 0.15) is 5.00 Å². The van der Waals surface area contributed by atoms with Crippen LogP contribution < -0.4 is 10.6 Å². The highest BCUT2D eigenvalue weighted by atomic mass is 32.2. The van der Waals surface area contributed by atoms with E-state index in [1.54, 1.807) is 11.8 Å². The summed E-state index contributed by atoms with van der Waals surface area (Å²) < 4.78 is 4.90. The number of hydrogen-bond acceptors (Lipinski definition) is 6. The molecule has 1 fully saturated rings. The molecule has 2 aliphatic heterocycles. The van der Waals surface area contributed by atoms with Gasteiger partial charge in [-0.2, -0.15) is 0 Å². The first-order valence-corrected chi connectivity index (χ1v) is 8.93. The Balaban J connectivity index is 1.88. The van der Waals surface area contributed by atoms with E-state index in [0.29, 0.717) is 10.6 Å². The van der Waals surface area contributed by atoms with Crippen molar-refractivity contribution in [3.8, 4) is 0 Å². The van der Waals surface area contributed by atoms with E-state index in [9.17, 15) is 9.59 Å². The lowest BCUT2D eigenvalue weighted by molar-refractivity contribution is -0.115. The molecule has 3 heterocycles. The van der Waals surface area contributed by atoms with Gasteiger partial charge in [-0.25, -0.2) is 4.79 Å². The van der Waals surface area contributed by atoms with E-state index in [2.05, 4.69) is 10.6 Å². The van der Waals surface area contributed by atoms with Crippen LogP contribution in [0.5, 0.6) is 0 Å². The molecular weight excluding hydrogens is 308 g/mol. The molecule has 1 aromatic heterocycles. The van der Waals surface area contributed by atoms with Crippen molar-refractivity contribution in [1.82, 2.24) is 5.32 Å². The maximum atomic E-state index is 12.3. The van der Waals surface area contributed by atoms with Crippen LogP contribution in [0, 0.1) is 0 Å². The predicted octanol–water partition coefficient (Wildman–Crippen LogP) is 2.01. The van der Waals surface area contributed by atoms with Gasteiger partial charge in [-0.05, 0) is 37.1 Å². The van der Waals surface area contributed by atoms with E-state index in [0.717, 1.165) is 48.5 Å². The first-order chi connectivity index (χ1) is 10.2. The van der Waals surface area contributed by atoms with Crippen molar-refractivity contribution < 1.29 is 14.3 Å². The minimum Gasteiger partial charge on any atom is -0.465 e. The van der Waals surface area contributed by atoms with Gasteiger partial charge in [0.25, 0.3) is 0 Å². The first-order valence-electron chi connectivity index (χ1n) is 7.06. The maximum absolute atomic E-state index is 12.3. The fourth-order valence-corrected chi connectivity index (χ4v) is 5.09. The summed E-state index contributed by atoms with van der Waals surface area (Å²) in [7, 11) is 1.38. The molecular formula is C14H18N2O3S2. The van der Waals surface area contributed by atoms with E-state index < -0.39 is 0 Å². The summed E-state index contributed by atoms with van der Waals surface area (Å²) in [5.74, 6) is 0.685. The van der Waals surface area contributed by atoms with Gasteiger partial charge >= 0.3 is 5.97 Å². The normalized spacial score (nSPS) is 20.9. The summed E-state index contributed by atoms with van der Waals surface area (Å²) in [6.45, 7) is 1.59. The molecule has 1 atom stereocenters. The number of carbonyl (C=O) groups excluding carboxylic acids is 2. The lowest BCUT2D eigenvalue weighted by atomic mass is 10.0. The Morgan fingerprint density at radius 3 is 3.00 bits per heavy atom. The zero-order valence-corrected chi connectivity index (χ0v) is 13.5. The van der Waals surface area contributed by atoms with Crippen LogP contribution in [-0.4, -0.2) is 36.5 Å². The number of thiophene rings is 1. The number of amides is 1. The lowest BCUT2D eigenvalue weighted by Gasteiger charge is -2.13. The number of anilines is 1. The summed E-state index contributed by atoms with van der Waals surface area (Å²) in [6.07, 6.45) is 2.79. The molecule has 0 bridgehead atoms. The average Bonchev–Trinajstić information content (AvgIpc) is 3.13. The molecule has 0 aromatic carbocycles. The molecule has 0 spiro atoms. The molecule has 2 aliphatic rings. The van der Waals surface area contributed by atoms with Crippen LogP contribution in [0.4, 0.5) is 5.00 Å². The number of carbonyl (C=O) groups is 2. The number of ether oxygens (including phenoxy) is 1. The van der Waals surface area contributed by atoms with E-state index in [1.165, 1.54) is 18.4 Å². The first kappa shape index (κ1) is 14.9.